The summed E-state index contributed by atoms with van der Waals surface area (Å²) >= 11 is 1.46. The van der Waals surface area contributed by atoms with Crippen LogP contribution in [0, 0.1) is 13.8 Å². The van der Waals surface area contributed by atoms with Gasteiger partial charge in [-0.15, -0.1) is 5.10 Å². The fourth-order valence-electron chi connectivity index (χ4n) is 2.30. The third kappa shape index (κ3) is 4.67. The second-order valence-electron chi connectivity index (χ2n) is 5.72. The van der Waals surface area contributed by atoms with Crippen molar-refractivity contribution in [2.45, 2.75) is 25.4 Å². The predicted molar refractivity (Wildman–Crippen MR) is 99.0 cm³/mol. The number of nitrogens with one attached hydrogen (secondary N) is 1. The lowest BCUT2D eigenvalue weighted by Gasteiger charge is -2.06. The SMILES string of the molecule is Cc1ccc(-n2nnnc2SCCC(=O)Nc2cccc(C)c2)cc1. The summed E-state index contributed by atoms with van der Waals surface area (Å²) in [5.74, 6) is 0.580. The molecule has 0 aliphatic rings. The van der Waals surface area contributed by atoms with E-state index in [2.05, 4.69) is 20.8 Å². The van der Waals surface area contributed by atoms with Gasteiger partial charge in [0.15, 0.2) is 0 Å². The Hall–Kier alpha value is -2.67. The van der Waals surface area contributed by atoms with E-state index >= 15 is 0 Å². The van der Waals surface area contributed by atoms with Crippen LogP contribution in [0.15, 0.2) is 53.7 Å². The highest BCUT2D eigenvalue weighted by Gasteiger charge is 2.10. The van der Waals surface area contributed by atoms with Crippen molar-refractivity contribution in [2.24, 2.45) is 0 Å². The van der Waals surface area contributed by atoms with Crippen molar-refractivity contribution in [1.82, 2.24) is 20.2 Å². The van der Waals surface area contributed by atoms with Crippen molar-refractivity contribution in [3.05, 3.63) is 59.7 Å². The average Bonchev–Trinajstić information content (AvgIpc) is 3.04. The van der Waals surface area contributed by atoms with Gasteiger partial charge in [0, 0.05) is 17.9 Å². The van der Waals surface area contributed by atoms with Crippen molar-refractivity contribution in [1.29, 1.82) is 0 Å². The molecule has 0 radical (unpaired) electrons. The molecule has 0 unspecified atom stereocenters. The van der Waals surface area contributed by atoms with Crippen LogP contribution in [0.2, 0.25) is 0 Å². The highest BCUT2D eigenvalue weighted by Crippen LogP contribution is 2.19. The summed E-state index contributed by atoms with van der Waals surface area (Å²) in [5, 5.41) is 15.4. The normalized spacial score (nSPS) is 10.6. The lowest BCUT2D eigenvalue weighted by atomic mass is 10.2. The minimum absolute atomic E-state index is 0.0209. The van der Waals surface area contributed by atoms with Crippen LogP contribution in [0.4, 0.5) is 5.69 Å². The molecule has 0 aliphatic carbocycles. The van der Waals surface area contributed by atoms with Crippen LogP contribution in [-0.2, 0) is 4.79 Å². The van der Waals surface area contributed by atoms with E-state index in [1.165, 1.54) is 17.3 Å². The maximum absolute atomic E-state index is 12.1. The zero-order chi connectivity index (χ0) is 17.6. The van der Waals surface area contributed by atoms with Gasteiger partial charge in [-0.05, 0) is 54.1 Å². The predicted octanol–water partition coefficient (Wildman–Crippen LogP) is 3.40. The molecule has 128 valence electrons. The van der Waals surface area contributed by atoms with Gasteiger partial charge in [-0.3, -0.25) is 4.79 Å². The second-order valence-corrected chi connectivity index (χ2v) is 6.79. The smallest absolute Gasteiger partial charge is 0.225 e. The van der Waals surface area contributed by atoms with E-state index in [-0.39, 0.29) is 5.91 Å². The zero-order valence-corrected chi connectivity index (χ0v) is 15.0. The van der Waals surface area contributed by atoms with E-state index in [4.69, 9.17) is 0 Å². The molecule has 25 heavy (non-hydrogen) atoms. The van der Waals surface area contributed by atoms with E-state index in [1.54, 1.807) is 4.68 Å². The first-order valence-corrected chi connectivity index (χ1v) is 8.95. The third-order valence-electron chi connectivity index (χ3n) is 3.58. The number of tetrazole rings is 1. The first-order chi connectivity index (χ1) is 12.1. The maximum Gasteiger partial charge on any atom is 0.225 e. The number of anilines is 1. The molecule has 0 saturated carbocycles. The summed E-state index contributed by atoms with van der Waals surface area (Å²) in [6.45, 7) is 4.03. The molecule has 6 nitrogen and oxygen atoms in total. The molecule has 7 heteroatoms. The largest absolute Gasteiger partial charge is 0.326 e. The number of hydrogen-bond acceptors (Lipinski definition) is 5. The summed E-state index contributed by atoms with van der Waals surface area (Å²) in [5.41, 5.74) is 4.02. The number of benzene rings is 2. The van der Waals surface area contributed by atoms with Gasteiger partial charge in [-0.25, -0.2) is 0 Å². The molecular weight excluding hydrogens is 334 g/mol. The lowest BCUT2D eigenvalue weighted by molar-refractivity contribution is -0.115. The standard InChI is InChI=1S/C18H19N5OS/c1-13-6-8-16(9-7-13)23-18(20-21-22-23)25-11-10-17(24)19-15-5-3-4-14(2)12-15/h3-9,12H,10-11H2,1-2H3,(H,19,24). The van der Waals surface area contributed by atoms with Gasteiger partial charge in [0.25, 0.3) is 0 Å². The molecule has 1 aromatic heterocycles. The number of aromatic nitrogens is 4. The Bertz CT molecular complexity index is 860. The molecule has 0 saturated heterocycles. The fraction of sp³-hybridized carbons (Fsp3) is 0.222. The number of thioether (sulfide) groups is 1. The van der Waals surface area contributed by atoms with E-state index in [0.717, 1.165) is 16.9 Å². The van der Waals surface area contributed by atoms with Crippen molar-refractivity contribution >= 4 is 23.4 Å². The molecule has 0 aliphatic heterocycles. The van der Waals surface area contributed by atoms with Crippen LogP contribution in [-0.4, -0.2) is 31.9 Å². The lowest BCUT2D eigenvalue weighted by Crippen LogP contribution is -2.12. The fourth-order valence-corrected chi connectivity index (χ4v) is 3.13. The highest BCUT2D eigenvalue weighted by molar-refractivity contribution is 7.99. The minimum atomic E-state index is -0.0209. The van der Waals surface area contributed by atoms with Gasteiger partial charge >= 0.3 is 0 Å². The topological polar surface area (TPSA) is 72.7 Å². The number of nitrogens with zero attached hydrogens (tertiary/aromatic N) is 4. The monoisotopic (exact) mass is 353 g/mol. The number of amides is 1. The Morgan fingerprint density at radius 2 is 1.92 bits per heavy atom. The van der Waals surface area contributed by atoms with Crippen molar-refractivity contribution in [3.8, 4) is 5.69 Å². The number of aryl methyl sites for hydroxylation is 2. The molecule has 0 atom stereocenters. The molecule has 1 amide bonds. The van der Waals surface area contributed by atoms with Gasteiger partial charge in [0.2, 0.25) is 11.1 Å². The molecule has 0 fully saturated rings. The van der Waals surface area contributed by atoms with Crippen LogP contribution in [0.1, 0.15) is 17.5 Å². The minimum Gasteiger partial charge on any atom is -0.326 e. The van der Waals surface area contributed by atoms with Gasteiger partial charge in [0.1, 0.15) is 0 Å². The van der Waals surface area contributed by atoms with Crippen molar-refractivity contribution in [2.75, 3.05) is 11.1 Å². The molecule has 1 N–H and O–H groups in total. The summed E-state index contributed by atoms with van der Waals surface area (Å²) < 4.78 is 1.68. The Balaban J connectivity index is 1.55. The Morgan fingerprint density at radius 3 is 2.68 bits per heavy atom. The molecule has 0 spiro atoms. The van der Waals surface area contributed by atoms with Crippen molar-refractivity contribution < 1.29 is 4.79 Å². The van der Waals surface area contributed by atoms with Crippen molar-refractivity contribution in [3.63, 3.8) is 0 Å². The number of rotatable bonds is 6. The van der Waals surface area contributed by atoms with Crippen LogP contribution in [0.5, 0.6) is 0 Å². The van der Waals surface area contributed by atoms with Crippen LogP contribution in [0.3, 0.4) is 0 Å². The summed E-state index contributed by atoms with van der Waals surface area (Å²) in [4.78, 5) is 12.1. The quantitative estimate of drug-likeness (QED) is 0.688. The Morgan fingerprint density at radius 1 is 1.12 bits per heavy atom. The van der Waals surface area contributed by atoms with Gasteiger partial charge < -0.3 is 5.32 Å². The zero-order valence-electron chi connectivity index (χ0n) is 14.1. The highest BCUT2D eigenvalue weighted by atomic mass is 32.2. The van der Waals surface area contributed by atoms with Crippen LogP contribution < -0.4 is 5.32 Å². The second kappa shape index (κ2) is 7.94. The molecular formula is C18H19N5OS. The van der Waals surface area contributed by atoms with Gasteiger partial charge in [0.05, 0.1) is 5.69 Å². The van der Waals surface area contributed by atoms with E-state index < -0.39 is 0 Å². The number of carbonyl (C=O) groups is 1. The first kappa shape index (κ1) is 17.2. The Labute approximate surface area is 150 Å². The number of carbonyl (C=O) groups excluding carboxylic acids is 1. The third-order valence-corrected chi connectivity index (χ3v) is 4.50. The van der Waals surface area contributed by atoms with E-state index in [9.17, 15) is 4.79 Å². The van der Waals surface area contributed by atoms with Gasteiger partial charge in [-0.2, -0.15) is 4.68 Å². The van der Waals surface area contributed by atoms with Crippen LogP contribution >= 0.6 is 11.8 Å². The number of hydrogen-bond donors (Lipinski definition) is 1. The van der Waals surface area contributed by atoms with E-state index in [1.807, 2.05) is 62.4 Å². The summed E-state index contributed by atoms with van der Waals surface area (Å²) in [6.07, 6.45) is 0.388. The molecule has 2 aromatic carbocycles. The average molecular weight is 353 g/mol. The van der Waals surface area contributed by atoms with Gasteiger partial charge in [-0.1, -0.05) is 41.6 Å². The van der Waals surface area contributed by atoms with E-state index in [0.29, 0.717) is 17.3 Å². The molecule has 3 rings (SSSR count). The molecule has 1 heterocycles. The van der Waals surface area contributed by atoms with Crippen LogP contribution in [0.25, 0.3) is 5.69 Å². The summed E-state index contributed by atoms with van der Waals surface area (Å²) in [6, 6.07) is 15.7. The summed E-state index contributed by atoms with van der Waals surface area (Å²) in [7, 11) is 0. The maximum atomic E-state index is 12.1. The molecule has 3 aromatic rings. The first-order valence-electron chi connectivity index (χ1n) is 7.96. The molecule has 0 bridgehead atoms. The Kier molecular flexibility index (Phi) is 5.45.